The van der Waals surface area contributed by atoms with Crippen LogP contribution in [0.3, 0.4) is 0 Å². The molecule has 0 radical (unpaired) electrons. The van der Waals surface area contributed by atoms with Gasteiger partial charge in [-0.1, -0.05) is 60.7 Å². The largest absolute Gasteiger partial charge is 0.457 e. The van der Waals surface area contributed by atoms with E-state index >= 15 is 0 Å². The first kappa shape index (κ1) is 18.0. The third-order valence-electron chi connectivity index (χ3n) is 5.62. The lowest BCUT2D eigenvalue weighted by atomic mass is 10.0. The van der Waals surface area contributed by atoms with Gasteiger partial charge in [0.2, 0.25) is 0 Å². The van der Waals surface area contributed by atoms with Crippen molar-refractivity contribution in [2.45, 2.75) is 12.2 Å². The zero-order chi connectivity index (χ0) is 20.6. The number of hydrogen-bond donors (Lipinski definition) is 2. The first-order chi connectivity index (χ1) is 15.3. The Balaban J connectivity index is 1.29. The van der Waals surface area contributed by atoms with Crippen LogP contribution in [0, 0.1) is 0 Å². The summed E-state index contributed by atoms with van der Waals surface area (Å²) in [6.07, 6.45) is -0.334. The third kappa shape index (κ3) is 3.30. The minimum Gasteiger partial charge on any atom is -0.457 e. The molecular weight excluding hydrogens is 388 g/mol. The van der Waals surface area contributed by atoms with Gasteiger partial charge in [-0.2, -0.15) is 0 Å². The summed E-state index contributed by atoms with van der Waals surface area (Å²) >= 11 is 0. The average Bonchev–Trinajstić information content (AvgIpc) is 3.44. The highest BCUT2D eigenvalue weighted by Gasteiger charge is 2.27. The number of anilines is 2. The van der Waals surface area contributed by atoms with E-state index in [-0.39, 0.29) is 12.2 Å². The van der Waals surface area contributed by atoms with Crippen LogP contribution in [0.1, 0.15) is 34.5 Å². The average molecular weight is 408 g/mol. The molecule has 2 heterocycles. The molecule has 0 aliphatic carbocycles. The van der Waals surface area contributed by atoms with Gasteiger partial charge < -0.3 is 4.74 Å². The van der Waals surface area contributed by atoms with Crippen LogP contribution >= 0.6 is 0 Å². The zero-order valence-electron chi connectivity index (χ0n) is 16.6. The van der Waals surface area contributed by atoms with E-state index in [2.05, 4.69) is 35.2 Å². The Kier molecular flexibility index (Phi) is 4.34. The molecule has 5 nitrogen and oxygen atoms in total. The van der Waals surface area contributed by atoms with Gasteiger partial charge in [0.25, 0.3) is 0 Å². The highest BCUT2D eigenvalue weighted by atomic mass is 16.7. The number of hydrogen-bond acceptors (Lipinski definition) is 5. The second-order valence-corrected chi connectivity index (χ2v) is 7.62. The fraction of sp³-hybridized carbons (Fsp3) is 0.0769. The second-order valence-electron chi connectivity index (χ2n) is 7.62. The molecule has 4 aromatic rings. The lowest BCUT2D eigenvalue weighted by Crippen LogP contribution is -2.00. The van der Waals surface area contributed by atoms with Crippen molar-refractivity contribution in [2.75, 3.05) is 11.0 Å². The molecule has 152 valence electrons. The maximum Gasteiger partial charge on any atom is 0.138 e. The van der Waals surface area contributed by atoms with Crippen molar-refractivity contribution in [3.63, 3.8) is 0 Å². The van der Waals surface area contributed by atoms with Crippen LogP contribution in [0.25, 0.3) is 0 Å². The van der Waals surface area contributed by atoms with Crippen LogP contribution in [0.2, 0.25) is 0 Å². The van der Waals surface area contributed by atoms with E-state index in [1.807, 2.05) is 72.8 Å². The minimum atomic E-state index is -0.167. The van der Waals surface area contributed by atoms with Crippen molar-refractivity contribution in [1.29, 1.82) is 0 Å². The van der Waals surface area contributed by atoms with Crippen LogP contribution in [0.15, 0.2) is 97.1 Å². The van der Waals surface area contributed by atoms with E-state index in [9.17, 15) is 0 Å². The van der Waals surface area contributed by atoms with E-state index in [0.717, 1.165) is 45.1 Å². The number of fused-ring (bicyclic) bond motifs is 2. The van der Waals surface area contributed by atoms with Crippen LogP contribution in [-0.4, -0.2) is 0 Å². The summed E-state index contributed by atoms with van der Waals surface area (Å²) in [5, 5.41) is 0. The summed E-state index contributed by atoms with van der Waals surface area (Å²) in [5.41, 5.74) is 12.2. The van der Waals surface area contributed by atoms with Crippen LogP contribution < -0.4 is 15.7 Å². The van der Waals surface area contributed by atoms with Gasteiger partial charge in [-0.15, -0.1) is 0 Å². The molecular formula is C26H20N2O3. The first-order valence-electron chi connectivity index (χ1n) is 10.2. The van der Waals surface area contributed by atoms with Crippen molar-refractivity contribution in [3.8, 4) is 11.5 Å². The zero-order valence-corrected chi connectivity index (χ0v) is 16.6. The molecule has 0 aromatic heterocycles. The topological polar surface area (TPSA) is 51.8 Å². The van der Waals surface area contributed by atoms with Crippen molar-refractivity contribution in [1.82, 2.24) is 0 Å². The van der Waals surface area contributed by atoms with Crippen molar-refractivity contribution < 1.29 is 14.4 Å². The lowest BCUT2D eigenvalue weighted by Gasteiger charge is -2.13. The summed E-state index contributed by atoms with van der Waals surface area (Å²) in [6.45, 7) is 0. The maximum atomic E-state index is 6.23. The SMILES string of the molecule is c1ccc(C2ONc3ccc(Oc4ccc5c(c4)C(c4ccccc4)ON5)cc32)cc1. The van der Waals surface area contributed by atoms with Gasteiger partial charge in [0.15, 0.2) is 0 Å². The summed E-state index contributed by atoms with van der Waals surface area (Å²) in [5.74, 6) is 1.52. The Morgan fingerprint density at radius 2 is 1.00 bits per heavy atom. The highest BCUT2D eigenvalue weighted by molar-refractivity contribution is 5.61. The van der Waals surface area contributed by atoms with Gasteiger partial charge >= 0.3 is 0 Å². The van der Waals surface area contributed by atoms with Gasteiger partial charge in [-0.25, -0.2) is 0 Å². The molecule has 2 unspecified atom stereocenters. The monoisotopic (exact) mass is 408 g/mol. The molecule has 0 saturated heterocycles. The highest BCUT2D eigenvalue weighted by Crippen LogP contribution is 2.42. The van der Waals surface area contributed by atoms with E-state index in [0.29, 0.717) is 0 Å². The smallest absolute Gasteiger partial charge is 0.138 e. The van der Waals surface area contributed by atoms with Gasteiger partial charge in [0.05, 0.1) is 11.4 Å². The standard InChI is InChI=1S/C26H20N2O3/c1-3-7-17(8-4-1)25-21-15-19(11-13-23(21)27-30-25)29-20-12-14-24-22(16-20)26(31-28-24)18-9-5-2-6-10-18/h1-16,25-28H. The van der Waals surface area contributed by atoms with Crippen molar-refractivity contribution in [3.05, 3.63) is 119 Å². The summed E-state index contributed by atoms with van der Waals surface area (Å²) in [6, 6.07) is 32.2. The molecule has 5 heteroatoms. The van der Waals surface area contributed by atoms with Gasteiger partial charge in [-0.3, -0.25) is 20.6 Å². The molecule has 2 aliphatic rings. The predicted octanol–water partition coefficient (Wildman–Crippen LogP) is 6.37. The van der Waals surface area contributed by atoms with Gasteiger partial charge in [-0.05, 0) is 47.5 Å². The Bertz CT molecular complexity index is 1130. The quantitative estimate of drug-likeness (QED) is 0.411. The maximum absolute atomic E-state index is 6.23. The van der Waals surface area contributed by atoms with Gasteiger partial charge in [0, 0.05) is 11.1 Å². The lowest BCUT2D eigenvalue weighted by molar-refractivity contribution is 0.154. The van der Waals surface area contributed by atoms with Crippen LogP contribution in [0.4, 0.5) is 11.4 Å². The predicted molar refractivity (Wildman–Crippen MR) is 119 cm³/mol. The number of benzene rings is 4. The molecule has 2 aliphatic heterocycles. The van der Waals surface area contributed by atoms with E-state index < -0.39 is 0 Å². The molecule has 0 amide bonds. The molecule has 31 heavy (non-hydrogen) atoms. The Morgan fingerprint density at radius 3 is 1.45 bits per heavy atom. The summed E-state index contributed by atoms with van der Waals surface area (Å²) < 4.78 is 6.23. The third-order valence-corrected chi connectivity index (χ3v) is 5.62. The first-order valence-corrected chi connectivity index (χ1v) is 10.2. The molecule has 2 atom stereocenters. The summed E-state index contributed by atoms with van der Waals surface area (Å²) in [7, 11) is 0. The molecule has 0 bridgehead atoms. The number of nitrogens with one attached hydrogen (secondary N) is 2. The second kappa shape index (κ2) is 7.47. The van der Waals surface area contributed by atoms with E-state index in [1.165, 1.54) is 0 Å². The number of rotatable bonds is 4. The Hall–Kier alpha value is -3.80. The van der Waals surface area contributed by atoms with E-state index in [4.69, 9.17) is 14.4 Å². The van der Waals surface area contributed by atoms with Crippen LogP contribution in [0.5, 0.6) is 11.5 Å². The fourth-order valence-electron chi connectivity index (χ4n) is 4.09. The van der Waals surface area contributed by atoms with Gasteiger partial charge in [0.1, 0.15) is 23.7 Å². The molecule has 6 rings (SSSR count). The Labute approximate surface area is 180 Å². The Morgan fingerprint density at radius 1 is 0.548 bits per heavy atom. The molecule has 0 fully saturated rings. The van der Waals surface area contributed by atoms with Crippen LogP contribution in [-0.2, 0) is 9.68 Å². The normalized spacial score (nSPS) is 18.6. The molecule has 2 N–H and O–H groups in total. The van der Waals surface area contributed by atoms with Crippen molar-refractivity contribution in [2.24, 2.45) is 0 Å². The molecule has 0 saturated carbocycles. The summed E-state index contributed by atoms with van der Waals surface area (Å²) in [4.78, 5) is 11.6. The van der Waals surface area contributed by atoms with E-state index in [1.54, 1.807) is 0 Å². The van der Waals surface area contributed by atoms with Crippen molar-refractivity contribution >= 4 is 11.4 Å². The minimum absolute atomic E-state index is 0.167. The molecule has 4 aromatic carbocycles. The fourth-order valence-corrected chi connectivity index (χ4v) is 4.09. The number of ether oxygens (including phenoxy) is 1. The molecule has 0 spiro atoms.